The van der Waals surface area contributed by atoms with Crippen LogP contribution in [0.3, 0.4) is 0 Å². The van der Waals surface area contributed by atoms with E-state index >= 15 is 0 Å². The standard InChI is InChI=1S/C14H13ClN4O2/c1-8-13(19(20)21)12(18-14(15)17-8)10-6-2-4-9-5-3-7-16-11(9)10/h3,5,7,10H,2,4,6H2,1H3. The van der Waals surface area contributed by atoms with Gasteiger partial charge in [0.25, 0.3) is 0 Å². The molecule has 0 aromatic carbocycles. The fraction of sp³-hybridized carbons (Fsp3) is 0.357. The zero-order valence-corrected chi connectivity index (χ0v) is 12.2. The van der Waals surface area contributed by atoms with Gasteiger partial charge in [0, 0.05) is 6.20 Å². The van der Waals surface area contributed by atoms with Crippen LogP contribution in [0, 0.1) is 17.0 Å². The molecule has 7 heteroatoms. The highest BCUT2D eigenvalue weighted by atomic mass is 35.5. The molecule has 2 aromatic heterocycles. The Morgan fingerprint density at radius 3 is 2.95 bits per heavy atom. The summed E-state index contributed by atoms with van der Waals surface area (Å²) >= 11 is 5.91. The molecule has 3 rings (SSSR count). The first kappa shape index (κ1) is 13.9. The number of aromatic nitrogens is 3. The fourth-order valence-electron chi connectivity index (χ4n) is 2.90. The summed E-state index contributed by atoms with van der Waals surface area (Å²) in [5.41, 5.74) is 2.59. The van der Waals surface area contributed by atoms with Crippen molar-refractivity contribution in [3.05, 3.63) is 56.4 Å². The number of fused-ring (bicyclic) bond motifs is 1. The van der Waals surface area contributed by atoms with E-state index in [2.05, 4.69) is 15.0 Å². The second kappa shape index (κ2) is 5.37. The summed E-state index contributed by atoms with van der Waals surface area (Å²) < 4.78 is 0. The average Bonchev–Trinajstić information content (AvgIpc) is 2.45. The molecule has 0 saturated carbocycles. The Bertz CT molecular complexity index is 720. The first-order chi connectivity index (χ1) is 10.1. The van der Waals surface area contributed by atoms with Crippen LogP contribution in [-0.4, -0.2) is 19.9 Å². The highest BCUT2D eigenvalue weighted by molar-refractivity contribution is 6.28. The third-order valence-corrected chi connectivity index (χ3v) is 3.93. The molecule has 0 saturated heterocycles. The number of pyridine rings is 1. The molecule has 1 aliphatic carbocycles. The van der Waals surface area contributed by atoms with E-state index in [0.29, 0.717) is 5.69 Å². The molecule has 21 heavy (non-hydrogen) atoms. The molecule has 0 fully saturated rings. The number of hydrogen-bond donors (Lipinski definition) is 0. The van der Waals surface area contributed by atoms with Crippen LogP contribution in [0.5, 0.6) is 0 Å². The molecule has 0 spiro atoms. The lowest BCUT2D eigenvalue weighted by atomic mass is 9.84. The van der Waals surface area contributed by atoms with Crippen molar-refractivity contribution in [2.24, 2.45) is 0 Å². The molecule has 2 aromatic rings. The van der Waals surface area contributed by atoms with Crippen molar-refractivity contribution in [2.45, 2.75) is 32.1 Å². The van der Waals surface area contributed by atoms with Crippen molar-refractivity contribution in [1.29, 1.82) is 0 Å². The van der Waals surface area contributed by atoms with Crippen LogP contribution < -0.4 is 0 Å². The third kappa shape index (κ3) is 2.47. The molecule has 1 aliphatic rings. The van der Waals surface area contributed by atoms with Crippen molar-refractivity contribution in [1.82, 2.24) is 15.0 Å². The fourth-order valence-corrected chi connectivity index (χ4v) is 3.12. The number of rotatable bonds is 2. The number of halogens is 1. The number of aryl methyl sites for hydroxylation is 2. The summed E-state index contributed by atoms with van der Waals surface area (Å²) in [4.78, 5) is 23.4. The minimum absolute atomic E-state index is 0.0381. The maximum absolute atomic E-state index is 11.4. The van der Waals surface area contributed by atoms with Crippen molar-refractivity contribution >= 4 is 17.3 Å². The van der Waals surface area contributed by atoms with Crippen LogP contribution in [0.25, 0.3) is 0 Å². The largest absolute Gasteiger partial charge is 0.312 e. The van der Waals surface area contributed by atoms with Crippen molar-refractivity contribution < 1.29 is 4.92 Å². The van der Waals surface area contributed by atoms with Gasteiger partial charge in [0.15, 0.2) is 0 Å². The zero-order valence-electron chi connectivity index (χ0n) is 11.4. The first-order valence-corrected chi connectivity index (χ1v) is 7.08. The molecule has 0 amide bonds. The number of hydrogen-bond acceptors (Lipinski definition) is 5. The van der Waals surface area contributed by atoms with Gasteiger partial charge < -0.3 is 0 Å². The predicted octanol–water partition coefficient (Wildman–Crippen LogP) is 3.21. The molecule has 0 bridgehead atoms. The van der Waals surface area contributed by atoms with Gasteiger partial charge in [0.05, 0.1) is 16.5 Å². The second-order valence-corrected chi connectivity index (χ2v) is 5.40. The Balaban J connectivity index is 2.20. The van der Waals surface area contributed by atoms with Gasteiger partial charge in [-0.1, -0.05) is 6.07 Å². The molecule has 6 nitrogen and oxygen atoms in total. The minimum Gasteiger partial charge on any atom is -0.260 e. The lowest BCUT2D eigenvalue weighted by molar-refractivity contribution is -0.387. The van der Waals surface area contributed by atoms with Gasteiger partial charge in [-0.05, 0) is 49.4 Å². The van der Waals surface area contributed by atoms with Gasteiger partial charge in [-0.15, -0.1) is 0 Å². The summed E-state index contributed by atoms with van der Waals surface area (Å²) in [5.74, 6) is -0.199. The average molecular weight is 305 g/mol. The molecule has 0 radical (unpaired) electrons. The molecule has 1 unspecified atom stereocenters. The summed E-state index contributed by atoms with van der Waals surface area (Å²) in [6.07, 6.45) is 4.36. The van der Waals surface area contributed by atoms with E-state index in [1.54, 1.807) is 13.1 Å². The van der Waals surface area contributed by atoms with Crippen LogP contribution in [-0.2, 0) is 6.42 Å². The van der Waals surface area contributed by atoms with Crippen molar-refractivity contribution in [3.8, 4) is 0 Å². The van der Waals surface area contributed by atoms with Crippen LogP contribution in [0.15, 0.2) is 18.3 Å². The van der Waals surface area contributed by atoms with Crippen LogP contribution in [0.2, 0.25) is 5.28 Å². The van der Waals surface area contributed by atoms with Gasteiger partial charge in [-0.2, -0.15) is 0 Å². The van der Waals surface area contributed by atoms with E-state index in [1.807, 2.05) is 12.1 Å². The van der Waals surface area contributed by atoms with Gasteiger partial charge in [0.1, 0.15) is 11.4 Å². The first-order valence-electron chi connectivity index (χ1n) is 6.70. The number of nitrogens with zero attached hydrogens (tertiary/aromatic N) is 4. The molecule has 0 aliphatic heterocycles. The van der Waals surface area contributed by atoms with Gasteiger partial charge in [-0.3, -0.25) is 15.1 Å². The van der Waals surface area contributed by atoms with E-state index in [9.17, 15) is 10.1 Å². The maximum Gasteiger partial charge on any atom is 0.312 e. The van der Waals surface area contributed by atoms with E-state index < -0.39 is 4.92 Å². The summed E-state index contributed by atoms with van der Waals surface area (Å²) in [5, 5.41) is 11.4. The topological polar surface area (TPSA) is 81.8 Å². The quantitative estimate of drug-likeness (QED) is 0.483. The Hall–Kier alpha value is -2.08. The molecule has 1 atom stereocenters. The summed E-state index contributed by atoms with van der Waals surface area (Å²) in [7, 11) is 0. The zero-order chi connectivity index (χ0) is 15.0. The van der Waals surface area contributed by atoms with Crippen LogP contribution >= 0.6 is 11.6 Å². The molecule has 2 heterocycles. The van der Waals surface area contributed by atoms with Crippen LogP contribution in [0.1, 0.15) is 41.4 Å². The Morgan fingerprint density at radius 1 is 1.38 bits per heavy atom. The molecule has 108 valence electrons. The lowest BCUT2D eigenvalue weighted by Gasteiger charge is -2.23. The van der Waals surface area contributed by atoms with E-state index in [0.717, 1.165) is 30.5 Å². The Morgan fingerprint density at radius 2 is 2.19 bits per heavy atom. The van der Waals surface area contributed by atoms with E-state index in [-0.39, 0.29) is 22.6 Å². The monoisotopic (exact) mass is 304 g/mol. The smallest absolute Gasteiger partial charge is 0.260 e. The van der Waals surface area contributed by atoms with Crippen molar-refractivity contribution in [3.63, 3.8) is 0 Å². The normalized spacial score (nSPS) is 17.3. The van der Waals surface area contributed by atoms with E-state index in [1.165, 1.54) is 0 Å². The van der Waals surface area contributed by atoms with Gasteiger partial charge in [-0.25, -0.2) is 9.97 Å². The number of nitro groups is 1. The van der Waals surface area contributed by atoms with Crippen molar-refractivity contribution in [2.75, 3.05) is 0 Å². The van der Waals surface area contributed by atoms with E-state index in [4.69, 9.17) is 11.6 Å². The SMILES string of the molecule is Cc1nc(Cl)nc(C2CCCc3cccnc32)c1[N+](=O)[O-]. The van der Waals surface area contributed by atoms with Gasteiger partial charge in [0.2, 0.25) is 5.28 Å². The third-order valence-electron chi connectivity index (χ3n) is 3.77. The predicted molar refractivity (Wildman–Crippen MR) is 77.5 cm³/mol. The molecular formula is C14H13ClN4O2. The van der Waals surface area contributed by atoms with Crippen LogP contribution in [0.4, 0.5) is 5.69 Å². The molecular weight excluding hydrogens is 292 g/mol. The highest BCUT2D eigenvalue weighted by Gasteiger charge is 2.32. The lowest BCUT2D eigenvalue weighted by Crippen LogP contribution is -2.16. The highest BCUT2D eigenvalue weighted by Crippen LogP contribution is 2.39. The minimum atomic E-state index is -0.432. The summed E-state index contributed by atoms with van der Waals surface area (Å²) in [6, 6.07) is 3.89. The van der Waals surface area contributed by atoms with Gasteiger partial charge >= 0.3 is 5.69 Å². The summed E-state index contributed by atoms with van der Waals surface area (Å²) in [6.45, 7) is 1.58. The Kier molecular flexibility index (Phi) is 3.55. The molecule has 0 N–H and O–H groups in total. The maximum atomic E-state index is 11.4. The second-order valence-electron chi connectivity index (χ2n) is 5.06. The Labute approximate surface area is 126 Å².